The van der Waals surface area contributed by atoms with E-state index in [9.17, 15) is 5.11 Å². The molecule has 0 radical (unpaired) electrons. The van der Waals surface area contributed by atoms with Crippen LogP contribution >= 0.6 is 0 Å². The first-order chi connectivity index (χ1) is 7.45. The summed E-state index contributed by atoms with van der Waals surface area (Å²) in [6.45, 7) is 8.80. The monoisotopic (exact) mass is 220 g/mol. The molecule has 3 atom stereocenters. The molecule has 0 heterocycles. The Balaban J connectivity index is 2.41. The van der Waals surface area contributed by atoms with Crippen LogP contribution in [-0.2, 0) is 0 Å². The van der Waals surface area contributed by atoms with Crippen LogP contribution in [0.25, 0.3) is 0 Å². The Hall–Kier alpha value is -0.560. The van der Waals surface area contributed by atoms with Gasteiger partial charge in [0.2, 0.25) is 0 Å². The van der Waals surface area contributed by atoms with Crippen molar-refractivity contribution in [1.82, 2.24) is 0 Å². The van der Waals surface area contributed by atoms with Crippen molar-refractivity contribution >= 4 is 0 Å². The molecule has 0 aliphatic heterocycles. The van der Waals surface area contributed by atoms with Crippen molar-refractivity contribution in [2.45, 2.75) is 59.0 Å². The maximum atomic E-state index is 10.9. The van der Waals surface area contributed by atoms with Crippen LogP contribution < -0.4 is 0 Å². The summed E-state index contributed by atoms with van der Waals surface area (Å²) in [6, 6.07) is 0. The minimum Gasteiger partial charge on any atom is -0.389 e. The van der Waals surface area contributed by atoms with E-state index < -0.39 is 5.60 Å². The van der Waals surface area contributed by atoms with Crippen molar-refractivity contribution in [3.63, 3.8) is 0 Å². The highest BCUT2D eigenvalue weighted by molar-refractivity contribution is 5.27. The van der Waals surface area contributed by atoms with Crippen molar-refractivity contribution in [2.75, 3.05) is 0 Å². The van der Waals surface area contributed by atoms with Crippen LogP contribution in [0.15, 0.2) is 22.8 Å². The fraction of sp³-hybridized carbons (Fsp3) is 0.733. The van der Waals surface area contributed by atoms with E-state index in [2.05, 4.69) is 33.8 Å². The van der Waals surface area contributed by atoms with Gasteiger partial charge in [-0.25, -0.2) is 0 Å². The zero-order valence-corrected chi connectivity index (χ0v) is 11.0. The summed E-state index contributed by atoms with van der Waals surface area (Å²) in [4.78, 5) is 0. The predicted molar refractivity (Wildman–Crippen MR) is 68.2 cm³/mol. The quantitative estimate of drug-likeness (QED) is 0.615. The topological polar surface area (TPSA) is 20.2 Å². The summed E-state index contributed by atoms with van der Waals surface area (Å²) in [5.74, 6) is 0.816. The predicted octanol–water partition coefficient (Wildman–Crippen LogP) is 3.84. The second kappa shape index (κ2) is 4.03. The van der Waals surface area contributed by atoms with E-state index in [1.807, 2.05) is 0 Å². The van der Waals surface area contributed by atoms with Gasteiger partial charge in [-0.05, 0) is 52.4 Å². The molecule has 1 heteroatoms. The molecule has 0 bridgehead atoms. The molecule has 0 saturated heterocycles. The molecule has 0 aromatic carbocycles. The highest BCUT2D eigenvalue weighted by Crippen LogP contribution is 2.49. The largest absolute Gasteiger partial charge is 0.389 e. The second-order valence-corrected chi connectivity index (χ2v) is 5.97. The van der Waals surface area contributed by atoms with Gasteiger partial charge >= 0.3 is 0 Å². The number of hydrogen-bond donors (Lipinski definition) is 1. The van der Waals surface area contributed by atoms with Crippen molar-refractivity contribution in [2.24, 2.45) is 11.8 Å². The van der Waals surface area contributed by atoms with E-state index >= 15 is 0 Å². The van der Waals surface area contributed by atoms with Gasteiger partial charge in [0, 0.05) is 5.92 Å². The summed E-state index contributed by atoms with van der Waals surface area (Å²) in [5.41, 5.74) is 3.92. The Morgan fingerprint density at radius 3 is 2.75 bits per heavy atom. The molecule has 1 fully saturated rings. The first-order valence-corrected chi connectivity index (χ1v) is 6.49. The first kappa shape index (κ1) is 11.9. The lowest BCUT2D eigenvalue weighted by Gasteiger charge is -2.48. The Bertz CT molecular complexity index is 346. The van der Waals surface area contributed by atoms with E-state index in [0.29, 0.717) is 11.8 Å². The van der Waals surface area contributed by atoms with Crippen molar-refractivity contribution in [3.05, 3.63) is 22.8 Å². The van der Waals surface area contributed by atoms with Crippen LogP contribution in [0.5, 0.6) is 0 Å². The molecule has 0 aromatic heterocycles. The minimum absolute atomic E-state index is 0.381. The standard InChI is InChI=1S/C15H24O/c1-10(2)13-6-5-12(4)15(16)8-7-11(3)9-14(13)15/h7,12,14,16H,5-6,8-9H2,1-4H3. The molecule has 1 nitrogen and oxygen atoms in total. The Labute approximate surface area is 99.3 Å². The summed E-state index contributed by atoms with van der Waals surface area (Å²) < 4.78 is 0. The summed E-state index contributed by atoms with van der Waals surface area (Å²) in [5, 5.41) is 10.9. The highest BCUT2D eigenvalue weighted by Gasteiger charge is 2.47. The van der Waals surface area contributed by atoms with Gasteiger partial charge in [0.1, 0.15) is 0 Å². The van der Waals surface area contributed by atoms with Gasteiger partial charge in [-0.15, -0.1) is 0 Å². The van der Waals surface area contributed by atoms with Gasteiger partial charge < -0.3 is 5.11 Å². The van der Waals surface area contributed by atoms with E-state index in [1.165, 1.54) is 23.1 Å². The van der Waals surface area contributed by atoms with Crippen LogP contribution in [0.4, 0.5) is 0 Å². The number of allylic oxidation sites excluding steroid dienone is 2. The molecule has 0 amide bonds. The second-order valence-electron chi connectivity index (χ2n) is 5.97. The molecule has 1 saturated carbocycles. The van der Waals surface area contributed by atoms with Crippen molar-refractivity contribution < 1.29 is 5.11 Å². The van der Waals surface area contributed by atoms with Crippen LogP contribution in [0.3, 0.4) is 0 Å². The summed E-state index contributed by atoms with van der Waals surface area (Å²) in [7, 11) is 0. The van der Waals surface area contributed by atoms with Crippen LogP contribution in [0, 0.1) is 11.8 Å². The average molecular weight is 220 g/mol. The molecule has 0 aromatic rings. The molecular formula is C15H24O. The molecule has 0 spiro atoms. The van der Waals surface area contributed by atoms with Crippen molar-refractivity contribution in [3.8, 4) is 0 Å². The van der Waals surface area contributed by atoms with Crippen molar-refractivity contribution in [1.29, 1.82) is 0 Å². The Morgan fingerprint density at radius 1 is 1.44 bits per heavy atom. The normalized spacial score (nSPS) is 39.1. The molecule has 1 N–H and O–H groups in total. The van der Waals surface area contributed by atoms with Gasteiger partial charge in [-0.3, -0.25) is 0 Å². The van der Waals surface area contributed by atoms with Crippen LogP contribution in [-0.4, -0.2) is 10.7 Å². The molecule has 3 unspecified atom stereocenters. The van der Waals surface area contributed by atoms with Gasteiger partial charge in [0.25, 0.3) is 0 Å². The Morgan fingerprint density at radius 2 is 2.12 bits per heavy atom. The smallest absolute Gasteiger partial charge is 0.0775 e. The molecule has 90 valence electrons. The number of hydrogen-bond acceptors (Lipinski definition) is 1. The van der Waals surface area contributed by atoms with E-state index in [0.717, 1.165) is 19.3 Å². The third kappa shape index (κ3) is 1.75. The number of rotatable bonds is 0. The van der Waals surface area contributed by atoms with Gasteiger partial charge in [0.05, 0.1) is 5.60 Å². The van der Waals surface area contributed by atoms with Gasteiger partial charge in [-0.1, -0.05) is 29.7 Å². The highest BCUT2D eigenvalue weighted by atomic mass is 16.3. The molecule has 16 heavy (non-hydrogen) atoms. The lowest BCUT2D eigenvalue weighted by molar-refractivity contribution is -0.0703. The van der Waals surface area contributed by atoms with E-state index in [-0.39, 0.29) is 0 Å². The van der Waals surface area contributed by atoms with E-state index in [1.54, 1.807) is 0 Å². The van der Waals surface area contributed by atoms with Gasteiger partial charge in [-0.2, -0.15) is 0 Å². The SMILES string of the molecule is CC1=CCC2(O)C(C)CCC(=C(C)C)C2C1. The Kier molecular flexibility index (Phi) is 3.00. The summed E-state index contributed by atoms with van der Waals surface area (Å²) >= 11 is 0. The van der Waals surface area contributed by atoms with Crippen LogP contribution in [0.2, 0.25) is 0 Å². The molecule has 2 aliphatic carbocycles. The number of aliphatic hydroxyl groups is 1. The molecular weight excluding hydrogens is 196 g/mol. The third-order valence-electron chi connectivity index (χ3n) is 4.67. The fourth-order valence-electron chi connectivity index (χ4n) is 3.43. The zero-order valence-electron chi connectivity index (χ0n) is 11.0. The fourth-order valence-corrected chi connectivity index (χ4v) is 3.43. The average Bonchev–Trinajstić information content (AvgIpc) is 2.21. The zero-order chi connectivity index (χ0) is 11.9. The maximum Gasteiger partial charge on any atom is 0.0775 e. The summed E-state index contributed by atoms with van der Waals surface area (Å²) in [6.07, 6.45) is 6.47. The molecule has 2 rings (SSSR count). The van der Waals surface area contributed by atoms with Crippen LogP contribution in [0.1, 0.15) is 53.4 Å². The van der Waals surface area contributed by atoms with Gasteiger partial charge in [0.15, 0.2) is 0 Å². The maximum absolute atomic E-state index is 10.9. The van der Waals surface area contributed by atoms with E-state index in [4.69, 9.17) is 0 Å². The third-order valence-corrected chi connectivity index (χ3v) is 4.67. The lowest BCUT2D eigenvalue weighted by atomic mass is 9.60. The number of fused-ring (bicyclic) bond motifs is 1. The lowest BCUT2D eigenvalue weighted by Crippen LogP contribution is -2.49. The first-order valence-electron chi connectivity index (χ1n) is 6.49. The molecule has 2 aliphatic rings. The minimum atomic E-state index is -0.468.